The molecule has 2 atom stereocenters. The Labute approximate surface area is 281 Å². The largest absolute Gasteiger partial charge is 0.451 e. The lowest BCUT2D eigenvalue weighted by Crippen LogP contribution is -2.35. The van der Waals surface area contributed by atoms with Crippen LogP contribution in [0.2, 0.25) is 5.02 Å². The molecule has 256 valence electrons. The number of alkyl halides is 3. The topological polar surface area (TPSA) is 90.3 Å². The van der Waals surface area contributed by atoms with E-state index in [4.69, 9.17) is 30.8 Å². The standard InChI is InChI=1S/C34H30ClF5N6O3/c1-33(23-6-5-20(35)15-24(23)36)48-27-4-2-3-22(30(27)49-33)18-7-10-45(11-8-18)17-28-41-26-14-19(31-42-32(44-43-31)34(38,39)40)13-25(37)29(26)46(28)16-21-9-12-47-21/h2-6,13-15,18,21H,7-12,16-17H2,1H3,(H,42,43,44). The summed E-state index contributed by atoms with van der Waals surface area (Å²) in [5.41, 5.74) is 1.88. The molecule has 2 saturated heterocycles. The molecule has 0 amide bonds. The average molecular weight is 701 g/mol. The lowest BCUT2D eigenvalue weighted by atomic mass is 9.88. The molecular formula is C34H30ClF5N6O3. The minimum atomic E-state index is -4.71. The molecule has 8 rings (SSSR count). The maximum Gasteiger partial charge on any atom is 0.451 e. The monoisotopic (exact) mass is 700 g/mol. The van der Waals surface area contributed by atoms with Gasteiger partial charge in [0.2, 0.25) is 5.82 Å². The number of para-hydroxylation sites is 1. The summed E-state index contributed by atoms with van der Waals surface area (Å²) in [5.74, 6) is -2.10. The van der Waals surface area contributed by atoms with Gasteiger partial charge in [0, 0.05) is 29.7 Å². The highest BCUT2D eigenvalue weighted by Crippen LogP contribution is 2.50. The first-order chi connectivity index (χ1) is 23.4. The van der Waals surface area contributed by atoms with Crippen LogP contribution in [-0.2, 0) is 29.8 Å². The Morgan fingerprint density at radius 3 is 2.49 bits per heavy atom. The van der Waals surface area contributed by atoms with E-state index in [9.17, 15) is 17.6 Å². The van der Waals surface area contributed by atoms with E-state index >= 15 is 4.39 Å². The molecule has 2 aromatic heterocycles. The lowest BCUT2D eigenvalue weighted by Gasteiger charge is -2.33. The third-order valence-corrected chi connectivity index (χ3v) is 9.72. The predicted octanol–water partition coefficient (Wildman–Crippen LogP) is 7.58. The fourth-order valence-corrected chi connectivity index (χ4v) is 7.06. The zero-order chi connectivity index (χ0) is 34.1. The molecule has 3 aliphatic rings. The Kier molecular flexibility index (Phi) is 7.80. The van der Waals surface area contributed by atoms with Gasteiger partial charge in [0.05, 0.1) is 30.3 Å². The molecule has 0 bridgehead atoms. The molecule has 1 N–H and O–H groups in total. The first kappa shape index (κ1) is 32.0. The van der Waals surface area contributed by atoms with Crippen LogP contribution >= 0.6 is 11.6 Å². The van der Waals surface area contributed by atoms with Gasteiger partial charge in [-0.3, -0.25) is 10.00 Å². The van der Waals surface area contributed by atoms with Gasteiger partial charge in [-0.05, 0) is 74.7 Å². The number of nitrogens with one attached hydrogen (secondary N) is 1. The summed E-state index contributed by atoms with van der Waals surface area (Å²) in [4.78, 5) is 10.5. The van der Waals surface area contributed by atoms with E-state index in [1.165, 1.54) is 12.1 Å². The first-order valence-corrected chi connectivity index (χ1v) is 16.3. The maximum atomic E-state index is 15.7. The zero-order valence-electron chi connectivity index (χ0n) is 26.2. The van der Waals surface area contributed by atoms with Gasteiger partial charge in [0.15, 0.2) is 17.3 Å². The molecule has 5 heterocycles. The Hall–Kier alpha value is -4.27. The third-order valence-electron chi connectivity index (χ3n) is 9.49. The summed E-state index contributed by atoms with van der Waals surface area (Å²) in [6, 6.07) is 12.8. The highest BCUT2D eigenvalue weighted by molar-refractivity contribution is 6.30. The van der Waals surface area contributed by atoms with Crippen LogP contribution in [0.5, 0.6) is 11.5 Å². The maximum absolute atomic E-state index is 15.7. The molecule has 49 heavy (non-hydrogen) atoms. The second kappa shape index (κ2) is 12.0. The van der Waals surface area contributed by atoms with Gasteiger partial charge in [0.1, 0.15) is 23.0 Å². The summed E-state index contributed by atoms with van der Waals surface area (Å²) < 4.78 is 89.9. The molecule has 0 spiro atoms. The molecule has 2 fully saturated rings. The van der Waals surface area contributed by atoms with Crippen molar-refractivity contribution in [3.63, 3.8) is 0 Å². The van der Waals surface area contributed by atoms with Crippen molar-refractivity contribution in [1.29, 1.82) is 0 Å². The Morgan fingerprint density at radius 1 is 1.00 bits per heavy atom. The molecule has 2 unspecified atom stereocenters. The third kappa shape index (κ3) is 5.89. The van der Waals surface area contributed by atoms with Crippen LogP contribution in [0.15, 0.2) is 48.5 Å². The van der Waals surface area contributed by atoms with Gasteiger partial charge in [0.25, 0.3) is 5.79 Å². The number of benzene rings is 3. The van der Waals surface area contributed by atoms with Crippen LogP contribution < -0.4 is 9.47 Å². The number of piperidine rings is 1. The van der Waals surface area contributed by atoms with Crippen LogP contribution in [0, 0.1) is 11.6 Å². The Balaban J connectivity index is 1.02. The molecule has 5 aromatic rings. The number of halogens is 6. The van der Waals surface area contributed by atoms with E-state index in [0.717, 1.165) is 30.9 Å². The van der Waals surface area contributed by atoms with Crippen molar-refractivity contribution in [2.45, 2.75) is 63.3 Å². The normalized spacial score (nSPS) is 21.4. The number of H-pyrrole nitrogens is 1. The quantitative estimate of drug-likeness (QED) is 0.175. The second-order valence-corrected chi connectivity index (χ2v) is 13.2. The van der Waals surface area contributed by atoms with Crippen LogP contribution in [0.4, 0.5) is 22.0 Å². The molecule has 0 saturated carbocycles. The average Bonchev–Trinajstić information content (AvgIpc) is 3.75. The van der Waals surface area contributed by atoms with E-state index in [-0.39, 0.29) is 39.5 Å². The Bertz CT molecular complexity index is 2060. The minimum absolute atomic E-state index is 0.0854. The second-order valence-electron chi connectivity index (χ2n) is 12.8. The Morgan fingerprint density at radius 2 is 1.80 bits per heavy atom. The van der Waals surface area contributed by atoms with Crippen molar-refractivity contribution in [2.75, 3.05) is 19.7 Å². The summed E-state index contributed by atoms with van der Waals surface area (Å²) in [5, 5.41) is 5.81. The van der Waals surface area contributed by atoms with Crippen LogP contribution in [0.25, 0.3) is 22.4 Å². The van der Waals surface area contributed by atoms with Crippen molar-refractivity contribution in [3.05, 3.63) is 88.0 Å². The SMILES string of the molecule is CC1(c2ccc(Cl)cc2F)Oc2cccc(C3CCN(Cc4nc5cc(-c6n[nH]c(C(F)(F)F)n6)cc(F)c5n4CC4CCO4)CC3)c2O1. The number of aromatic amines is 1. The molecule has 0 radical (unpaired) electrons. The van der Waals surface area contributed by atoms with Crippen molar-refractivity contribution in [2.24, 2.45) is 0 Å². The molecule has 9 nitrogen and oxygen atoms in total. The van der Waals surface area contributed by atoms with Crippen molar-refractivity contribution in [1.82, 2.24) is 29.6 Å². The lowest BCUT2D eigenvalue weighted by molar-refractivity contribution is -0.144. The van der Waals surface area contributed by atoms with Gasteiger partial charge in [-0.15, -0.1) is 0 Å². The summed E-state index contributed by atoms with van der Waals surface area (Å²) in [6.07, 6.45) is -2.38. The number of hydrogen-bond acceptors (Lipinski definition) is 7. The number of likely N-dealkylation sites (tertiary alicyclic amines) is 1. The molecule has 3 aliphatic heterocycles. The van der Waals surface area contributed by atoms with Gasteiger partial charge in [-0.2, -0.15) is 18.3 Å². The highest BCUT2D eigenvalue weighted by Gasteiger charge is 2.43. The summed E-state index contributed by atoms with van der Waals surface area (Å²) in [7, 11) is 0. The van der Waals surface area contributed by atoms with Crippen molar-refractivity contribution < 1.29 is 36.2 Å². The van der Waals surface area contributed by atoms with Crippen molar-refractivity contribution in [3.8, 4) is 22.9 Å². The van der Waals surface area contributed by atoms with Gasteiger partial charge >= 0.3 is 6.18 Å². The van der Waals surface area contributed by atoms with E-state index in [1.54, 1.807) is 19.1 Å². The number of fused-ring (bicyclic) bond motifs is 2. The zero-order valence-corrected chi connectivity index (χ0v) is 26.9. The number of imidazole rings is 1. The van der Waals surface area contributed by atoms with Crippen LogP contribution in [-0.4, -0.2) is 55.4 Å². The molecule has 15 heteroatoms. The predicted molar refractivity (Wildman–Crippen MR) is 168 cm³/mol. The summed E-state index contributed by atoms with van der Waals surface area (Å²) in [6.45, 7) is 4.58. The van der Waals surface area contributed by atoms with Crippen molar-refractivity contribution >= 4 is 22.6 Å². The number of hydrogen-bond donors (Lipinski definition) is 1. The van der Waals surface area contributed by atoms with Gasteiger partial charge < -0.3 is 18.8 Å². The van der Waals surface area contributed by atoms with Crippen LogP contribution in [0.1, 0.15) is 54.9 Å². The first-order valence-electron chi connectivity index (χ1n) is 15.9. The molecule has 0 aliphatic carbocycles. The number of ether oxygens (including phenoxy) is 3. The fraction of sp³-hybridized carbons (Fsp3) is 0.382. The van der Waals surface area contributed by atoms with E-state index in [2.05, 4.69) is 15.0 Å². The highest BCUT2D eigenvalue weighted by atomic mass is 35.5. The van der Waals surface area contributed by atoms with E-state index in [1.807, 2.05) is 27.9 Å². The van der Waals surface area contributed by atoms with Crippen LogP contribution in [0.3, 0.4) is 0 Å². The van der Waals surface area contributed by atoms with Gasteiger partial charge in [-0.1, -0.05) is 23.7 Å². The number of aromatic nitrogens is 5. The molecular weight excluding hydrogens is 671 g/mol. The summed E-state index contributed by atoms with van der Waals surface area (Å²) >= 11 is 5.97. The fourth-order valence-electron chi connectivity index (χ4n) is 6.90. The van der Waals surface area contributed by atoms with E-state index < -0.39 is 29.4 Å². The van der Waals surface area contributed by atoms with E-state index in [0.29, 0.717) is 55.6 Å². The number of rotatable bonds is 7. The molecule has 3 aromatic carbocycles. The smallest absolute Gasteiger partial charge is 0.444 e. The number of nitrogens with zero attached hydrogens (tertiary/aromatic N) is 5. The van der Waals surface area contributed by atoms with Gasteiger partial charge in [-0.25, -0.2) is 18.7 Å². The minimum Gasteiger partial charge on any atom is -0.444 e.